The maximum absolute atomic E-state index is 10.5. The fourth-order valence-corrected chi connectivity index (χ4v) is 1.91. The second kappa shape index (κ2) is 6.85. The second-order valence-electron chi connectivity index (χ2n) is 4.77. The molecule has 0 amide bonds. The van der Waals surface area contributed by atoms with E-state index in [9.17, 15) is 15.2 Å². The molecule has 2 aromatic rings. The molecule has 5 heteroatoms. The zero-order chi connectivity index (χ0) is 15.2. The van der Waals surface area contributed by atoms with Crippen molar-refractivity contribution < 1.29 is 14.8 Å². The van der Waals surface area contributed by atoms with E-state index in [1.165, 1.54) is 12.1 Å². The first-order valence-corrected chi connectivity index (χ1v) is 6.70. The van der Waals surface area contributed by atoms with Gasteiger partial charge in [-0.3, -0.25) is 10.1 Å². The minimum Gasteiger partial charge on any atom is -0.493 e. The van der Waals surface area contributed by atoms with Crippen LogP contribution in [0.5, 0.6) is 5.75 Å². The van der Waals surface area contributed by atoms with E-state index in [2.05, 4.69) is 0 Å². The first-order chi connectivity index (χ1) is 10.1. The van der Waals surface area contributed by atoms with Gasteiger partial charge < -0.3 is 9.84 Å². The summed E-state index contributed by atoms with van der Waals surface area (Å²) in [5, 5.41) is 20.0. The number of aliphatic hydroxyl groups is 1. The zero-order valence-electron chi connectivity index (χ0n) is 11.7. The smallest absolute Gasteiger partial charge is 0.269 e. The number of aliphatic hydroxyl groups excluding tert-OH is 1. The molecule has 0 aliphatic carbocycles. The Hall–Kier alpha value is -2.40. The van der Waals surface area contributed by atoms with Gasteiger partial charge in [0.15, 0.2) is 0 Å². The monoisotopic (exact) mass is 287 g/mol. The van der Waals surface area contributed by atoms with Crippen molar-refractivity contribution in [1.82, 2.24) is 0 Å². The molecule has 5 nitrogen and oxygen atoms in total. The molecule has 0 fully saturated rings. The summed E-state index contributed by atoms with van der Waals surface area (Å²) in [5.41, 5.74) is 1.92. The molecule has 0 spiro atoms. The van der Waals surface area contributed by atoms with E-state index in [4.69, 9.17) is 4.74 Å². The molecular weight excluding hydrogens is 270 g/mol. The van der Waals surface area contributed by atoms with Crippen LogP contribution in [-0.2, 0) is 6.42 Å². The average molecular weight is 287 g/mol. The number of nitro benzene ring substituents is 1. The Kier molecular flexibility index (Phi) is 4.90. The van der Waals surface area contributed by atoms with Crippen molar-refractivity contribution in [2.24, 2.45) is 0 Å². The van der Waals surface area contributed by atoms with Gasteiger partial charge in [-0.15, -0.1) is 0 Å². The maximum atomic E-state index is 10.5. The maximum Gasteiger partial charge on any atom is 0.269 e. The zero-order valence-corrected chi connectivity index (χ0v) is 11.7. The molecule has 2 rings (SSSR count). The van der Waals surface area contributed by atoms with E-state index < -0.39 is 11.0 Å². The van der Waals surface area contributed by atoms with E-state index in [1.54, 1.807) is 19.1 Å². The van der Waals surface area contributed by atoms with Crippen molar-refractivity contribution in [2.45, 2.75) is 19.4 Å². The first kappa shape index (κ1) is 15.0. The summed E-state index contributed by atoms with van der Waals surface area (Å²) in [4.78, 5) is 10.1. The molecule has 110 valence electrons. The van der Waals surface area contributed by atoms with E-state index >= 15 is 0 Å². The van der Waals surface area contributed by atoms with Crippen LogP contribution >= 0.6 is 0 Å². The second-order valence-corrected chi connectivity index (χ2v) is 4.77. The highest BCUT2D eigenvalue weighted by molar-refractivity contribution is 5.33. The minimum atomic E-state index is -0.487. The van der Waals surface area contributed by atoms with Crippen LogP contribution in [0.15, 0.2) is 48.5 Å². The highest BCUT2D eigenvalue weighted by Crippen LogP contribution is 2.18. The molecule has 0 saturated heterocycles. The topological polar surface area (TPSA) is 72.6 Å². The number of non-ortho nitro benzene ring substituents is 1. The molecule has 0 saturated carbocycles. The lowest BCUT2D eigenvalue weighted by molar-refractivity contribution is -0.384. The van der Waals surface area contributed by atoms with Crippen molar-refractivity contribution in [3.8, 4) is 5.75 Å². The number of nitrogens with zero attached hydrogens (tertiary/aromatic N) is 1. The summed E-state index contributed by atoms with van der Waals surface area (Å²) < 4.78 is 5.61. The lowest BCUT2D eigenvalue weighted by atomic mass is 10.1. The van der Waals surface area contributed by atoms with Crippen molar-refractivity contribution in [1.29, 1.82) is 0 Å². The van der Waals surface area contributed by atoms with Gasteiger partial charge in [0.25, 0.3) is 5.69 Å². The van der Waals surface area contributed by atoms with Crippen LogP contribution in [0.1, 0.15) is 24.2 Å². The van der Waals surface area contributed by atoms with Gasteiger partial charge in [-0.25, -0.2) is 0 Å². The number of ether oxygens (including phenoxy) is 1. The van der Waals surface area contributed by atoms with E-state index in [0.29, 0.717) is 13.0 Å². The van der Waals surface area contributed by atoms with Gasteiger partial charge in [0.1, 0.15) is 5.75 Å². The molecule has 0 aliphatic heterocycles. The molecule has 0 unspecified atom stereocenters. The van der Waals surface area contributed by atoms with Gasteiger partial charge in [0, 0.05) is 18.6 Å². The van der Waals surface area contributed by atoms with Gasteiger partial charge in [-0.05, 0) is 30.2 Å². The van der Waals surface area contributed by atoms with Gasteiger partial charge in [0.2, 0.25) is 0 Å². The molecular formula is C16H17NO4. The Bertz CT molecular complexity index is 591. The summed E-state index contributed by atoms with van der Waals surface area (Å²) in [5.74, 6) is 0.737. The van der Waals surface area contributed by atoms with Crippen LogP contribution in [0.25, 0.3) is 0 Å². The Morgan fingerprint density at radius 2 is 1.76 bits per heavy atom. The molecule has 21 heavy (non-hydrogen) atoms. The van der Waals surface area contributed by atoms with Crippen LogP contribution in [0, 0.1) is 10.1 Å². The van der Waals surface area contributed by atoms with Gasteiger partial charge in [-0.1, -0.05) is 24.3 Å². The number of nitro groups is 1. The standard InChI is InChI=1S/C16H17NO4/c1-12(18)14-4-8-16(9-5-14)21-11-10-13-2-6-15(7-3-13)17(19)20/h2-9,12,18H,10-11H2,1H3/t12-/m1/s1. The van der Waals surface area contributed by atoms with Crippen molar-refractivity contribution in [3.63, 3.8) is 0 Å². The molecule has 2 aromatic carbocycles. The summed E-state index contributed by atoms with van der Waals surface area (Å²) in [7, 11) is 0. The summed E-state index contributed by atoms with van der Waals surface area (Å²) in [6, 6.07) is 13.7. The quantitative estimate of drug-likeness (QED) is 0.653. The highest BCUT2D eigenvalue weighted by Gasteiger charge is 2.04. The van der Waals surface area contributed by atoms with Crippen LogP contribution < -0.4 is 4.74 Å². The first-order valence-electron chi connectivity index (χ1n) is 6.70. The normalized spacial score (nSPS) is 11.9. The Balaban J connectivity index is 1.85. The predicted octanol–water partition coefficient (Wildman–Crippen LogP) is 3.27. The van der Waals surface area contributed by atoms with Crippen LogP contribution in [0.3, 0.4) is 0 Å². The molecule has 1 N–H and O–H groups in total. The average Bonchev–Trinajstić information content (AvgIpc) is 2.48. The van der Waals surface area contributed by atoms with E-state index in [0.717, 1.165) is 16.9 Å². The molecule has 0 bridgehead atoms. The van der Waals surface area contributed by atoms with Crippen molar-refractivity contribution >= 4 is 5.69 Å². The number of hydrogen-bond donors (Lipinski definition) is 1. The van der Waals surface area contributed by atoms with Gasteiger partial charge in [0.05, 0.1) is 17.6 Å². The van der Waals surface area contributed by atoms with Crippen LogP contribution in [0.2, 0.25) is 0 Å². The van der Waals surface area contributed by atoms with Gasteiger partial charge in [-0.2, -0.15) is 0 Å². The molecule has 0 heterocycles. The fourth-order valence-electron chi connectivity index (χ4n) is 1.91. The number of hydrogen-bond acceptors (Lipinski definition) is 4. The van der Waals surface area contributed by atoms with Crippen molar-refractivity contribution in [3.05, 3.63) is 69.8 Å². The molecule has 0 radical (unpaired) electrons. The lowest BCUT2D eigenvalue weighted by Gasteiger charge is -2.08. The van der Waals surface area contributed by atoms with Crippen molar-refractivity contribution in [2.75, 3.05) is 6.61 Å². The highest BCUT2D eigenvalue weighted by atomic mass is 16.6. The Morgan fingerprint density at radius 3 is 2.29 bits per heavy atom. The van der Waals surface area contributed by atoms with Gasteiger partial charge >= 0.3 is 0 Å². The Morgan fingerprint density at radius 1 is 1.14 bits per heavy atom. The third kappa shape index (κ3) is 4.29. The summed E-state index contributed by atoms with van der Waals surface area (Å²) >= 11 is 0. The minimum absolute atomic E-state index is 0.0911. The third-order valence-electron chi connectivity index (χ3n) is 3.17. The molecule has 0 aliphatic rings. The summed E-state index contributed by atoms with van der Waals surface area (Å²) in [6.45, 7) is 2.20. The number of rotatable bonds is 6. The third-order valence-corrected chi connectivity index (χ3v) is 3.17. The summed E-state index contributed by atoms with van der Waals surface area (Å²) in [6.07, 6.45) is 0.190. The fraction of sp³-hybridized carbons (Fsp3) is 0.250. The number of benzene rings is 2. The molecule has 1 atom stereocenters. The Labute approximate surface area is 123 Å². The van der Waals surface area contributed by atoms with E-state index in [-0.39, 0.29) is 5.69 Å². The molecule has 0 aromatic heterocycles. The van der Waals surface area contributed by atoms with Crippen LogP contribution in [0.4, 0.5) is 5.69 Å². The predicted molar refractivity (Wildman–Crippen MR) is 79.4 cm³/mol. The van der Waals surface area contributed by atoms with Crippen LogP contribution in [-0.4, -0.2) is 16.6 Å². The SMILES string of the molecule is C[C@@H](O)c1ccc(OCCc2ccc([N+](=O)[O-])cc2)cc1. The largest absolute Gasteiger partial charge is 0.493 e. The van der Waals surface area contributed by atoms with E-state index in [1.807, 2.05) is 24.3 Å². The lowest BCUT2D eigenvalue weighted by Crippen LogP contribution is -2.01.